The fourth-order valence-electron chi connectivity index (χ4n) is 4.43. The van der Waals surface area contributed by atoms with Crippen LogP contribution in [0.4, 0.5) is 11.4 Å². The third-order valence-electron chi connectivity index (χ3n) is 6.27. The molecule has 3 aromatic carbocycles. The number of anilines is 2. The maximum absolute atomic E-state index is 13.2. The highest BCUT2D eigenvalue weighted by molar-refractivity contribution is 6.16. The second-order valence-corrected chi connectivity index (χ2v) is 9.11. The van der Waals surface area contributed by atoms with E-state index >= 15 is 0 Å². The van der Waals surface area contributed by atoms with E-state index in [9.17, 15) is 9.59 Å². The zero-order valence-corrected chi connectivity index (χ0v) is 20.2. The highest BCUT2D eigenvalue weighted by Crippen LogP contribution is 2.34. The molecule has 5 aromatic rings. The molecule has 8 nitrogen and oxygen atoms in total. The van der Waals surface area contributed by atoms with E-state index in [4.69, 9.17) is 13.7 Å². The summed E-state index contributed by atoms with van der Waals surface area (Å²) >= 11 is 0. The lowest BCUT2D eigenvalue weighted by Gasteiger charge is -2.06. The molecule has 0 unspecified atom stereocenters. The van der Waals surface area contributed by atoms with Crippen LogP contribution in [0.15, 0.2) is 81.7 Å². The van der Waals surface area contributed by atoms with Gasteiger partial charge in [0.25, 0.3) is 11.8 Å². The smallest absolute Gasteiger partial charge is 0.293 e. The van der Waals surface area contributed by atoms with Crippen molar-refractivity contribution >= 4 is 34.2 Å². The first-order valence-electron chi connectivity index (χ1n) is 11.9. The van der Waals surface area contributed by atoms with Crippen molar-refractivity contribution in [2.45, 2.75) is 26.4 Å². The van der Waals surface area contributed by atoms with E-state index in [0.29, 0.717) is 22.4 Å². The van der Waals surface area contributed by atoms with E-state index in [0.717, 1.165) is 28.9 Å². The first kappa shape index (κ1) is 22.6. The summed E-state index contributed by atoms with van der Waals surface area (Å²) in [5.41, 5.74) is 4.39. The molecule has 1 atom stereocenters. The minimum Gasteiger partial charge on any atom is -0.490 e. The molecule has 1 aliphatic heterocycles. The van der Waals surface area contributed by atoms with E-state index < -0.39 is 11.8 Å². The number of furan rings is 1. The maximum Gasteiger partial charge on any atom is 0.293 e. The van der Waals surface area contributed by atoms with Crippen LogP contribution in [0, 0.1) is 6.92 Å². The van der Waals surface area contributed by atoms with Crippen LogP contribution in [0.3, 0.4) is 0 Å². The van der Waals surface area contributed by atoms with Crippen molar-refractivity contribution in [3.05, 3.63) is 95.4 Å². The van der Waals surface area contributed by atoms with Crippen molar-refractivity contribution in [1.29, 1.82) is 0 Å². The van der Waals surface area contributed by atoms with Gasteiger partial charge in [-0.1, -0.05) is 35.0 Å². The van der Waals surface area contributed by atoms with Crippen molar-refractivity contribution in [1.82, 2.24) is 5.16 Å². The molecule has 0 aliphatic carbocycles. The molecule has 1 aliphatic rings. The Morgan fingerprint density at radius 3 is 2.59 bits per heavy atom. The van der Waals surface area contributed by atoms with Crippen LogP contribution >= 0.6 is 0 Å². The predicted molar refractivity (Wildman–Crippen MR) is 139 cm³/mol. The van der Waals surface area contributed by atoms with Gasteiger partial charge in [0.15, 0.2) is 11.5 Å². The third-order valence-corrected chi connectivity index (χ3v) is 6.27. The van der Waals surface area contributed by atoms with Crippen LogP contribution in [-0.2, 0) is 6.42 Å². The zero-order valence-electron chi connectivity index (χ0n) is 20.2. The Kier molecular flexibility index (Phi) is 5.49. The molecule has 37 heavy (non-hydrogen) atoms. The van der Waals surface area contributed by atoms with Crippen molar-refractivity contribution in [3.63, 3.8) is 0 Å². The molecule has 0 bridgehead atoms. The number of fused-ring (bicyclic) bond motifs is 2. The molecule has 0 spiro atoms. The summed E-state index contributed by atoms with van der Waals surface area (Å²) in [5.74, 6) is 0.306. The van der Waals surface area contributed by atoms with E-state index in [1.165, 1.54) is 0 Å². The molecule has 0 radical (unpaired) electrons. The average molecular weight is 494 g/mol. The number of nitrogens with one attached hydrogen (secondary N) is 2. The number of hydrogen-bond donors (Lipinski definition) is 2. The SMILES string of the molecule is Cc1ccc(NC(=O)c2oc3ccccc3c2NC(=O)c2cc(-c3ccc4c(c3)C[C@H](C)O4)on2)cc1. The Morgan fingerprint density at radius 2 is 1.76 bits per heavy atom. The fraction of sp³-hybridized carbons (Fsp3) is 0.138. The monoisotopic (exact) mass is 493 g/mol. The molecule has 2 aromatic heterocycles. The summed E-state index contributed by atoms with van der Waals surface area (Å²) in [4.78, 5) is 26.3. The van der Waals surface area contributed by atoms with Crippen molar-refractivity contribution in [3.8, 4) is 17.1 Å². The quantitative estimate of drug-likeness (QED) is 0.301. The van der Waals surface area contributed by atoms with Crippen molar-refractivity contribution < 1.29 is 23.3 Å². The first-order valence-corrected chi connectivity index (χ1v) is 11.9. The Labute approximate surface area is 212 Å². The number of aromatic nitrogens is 1. The Hall–Kier alpha value is -4.85. The van der Waals surface area contributed by atoms with Crippen LogP contribution in [0.2, 0.25) is 0 Å². The second-order valence-electron chi connectivity index (χ2n) is 9.11. The predicted octanol–water partition coefficient (Wildman–Crippen LogP) is 6.22. The van der Waals surface area contributed by atoms with Crippen LogP contribution in [-0.4, -0.2) is 23.1 Å². The van der Waals surface area contributed by atoms with Gasteiger partial charge in [-0.05, 0) is 61.9 Å². The number of hydrogen-bond acceptors (Lipinski definition) is 6. The molecular formula is C29H23N3O5. The van der Waals surface area contributed by atoms with Gasteiger partial charge in [0.05, 0.1) is 0 Å². The lowest BCUT2D eigenvalue weighted by atomic mass is 10.1. The minimum atomic E-state index is -0.524. The molecule has 8 heteroatoms. The number of rotatable bonds is 5. The number of amides is 2. The zero-order chi connectivity index (χ0) is 25.5. The summed E-state index contributed by atoms with van der Waals surface area (Å²) in [6.45, 7) is 3.98. The maximum atomic E-state index is 13.2. The van der Waals surface area contributed by atoms with Gasteiger partial charge in [-0.3, -0.25) is 9.59 Å². The van der Waals surface area contributed by atoms with Gasteiger partial charge in [0.1, 0.15) is 23.1 Å². The van der Waals surface area contributed by atoms with Crippen LogP contribution in [0.1, 0.15) is 39.1 Å². The fourth-order valence-corrected chi connectivity index (χ4v) is 4.43. The molecule has 2 N–H and O–H groups in total. The van der Waals surface area contributed by atoms with Gasteiger partial charge in [-0.15, -0.1) is 0 Å². The minimum absolute atomic E-state index is 0.00779. The Balaban J connectivity index is 1.27. The Bertz CT molecular complexity index is 1650. The van der Waals surface area contributed by atoms with Crippen molar-refractivity contribution in [2.75, 3.05) is 10.6 Å². The topological polar surface area (TPSA) is 107 Å². The Morgan fingerprint density at radius 1 is 0.946 bits per heavy atom. The van der Waals surface area contributed by atoms with E-state index in [1.807, 2.05) is 50.2 Å². The largest absolute Gasteiger partial charge is 0.490 e. The number of ether oxygens (including phenoxy) is 1. The average Bonchev–Trinajstić information content (AvgIpc) is 3.61. The summed E-state index contributed by atoms with van der Waals surface area (Å²) in [6, 6.07) is 21.8. The summed E-state index contributed by atoms with van der Waals surface area (Å²) in [7, 11) is 0. The van der Waals surface area contributed by atoms with Crippen LogP contribution < -0.4 is 15.4 Å². The third kappa shape index (κ3) is 4.33. The van der Waals surface area contributed by atoms with Gasteiger partial charge in [0, 0.05) is 29.1 Å². The molecule has 0 saturated heterocycles. The molecular weight excluding hydrogens is 470 g/mol. The van der Waals surface area contributed by atoms with E-state index in [2.05, 4.69) is 15.8 Å². The van der Waals surface area contributed by atoms with Crippen LogP contribution in [0.5, 0.6) is 5.75 Å². The number of carbonyl (C=O) groups excluding carboxylic acids is 2. The summed E-state index contributed by atoms with van der Waals surface area (Å²) in [6.07, 6.45) is 0.939. The van der Waals surface area contributed by atoms with Gasteiger partial charge in [0.2, 0.25) is 5.76 Å². The highest BCUT2D eigenvalue weighted by atomic mass is 16.5. The molecule has 184 valence electrons. The first-order chi connectivity index (χ1) is 17.9. The lowest BCUT2D eigenvalue weighted by Crippen LogP contribution is -2.17. The van der Waals surface area contributed by atoms with Crippen LogP contribution in [0.25, 0.3) is 22.3 Å². The van der Waals surface area contributed by atoms with Crippen molar-refractivity contribution in [2.24, 2.45) is 0 Å². The molecule has 0 fully saturated rings. The number of benzene rings is 3. The van der Waals surface area contributed by atoms with Gasteiger partial charge in [-0.2, -0.15) is 0 Å². The molecule has 0 saturated carbocycles. The number of para-hydroxylation sites is 1. The number of aryl methyl sites for hydroxylation is 1. The standard InChI is InChI=1S/C29H23N3O5/c1-16-7-10-20(11-8-16)30-29(34)27-26(21-5-3-4-6-24(21)36-27)31-28(33)22-15-25(37-32-22)18-9-12-23-19(14-18)13-17(2)35-23/h3-12,14-15,17H,13H2,1-2H3,(H,30,34)(H,31,33)/t17-/m0/s1. The van der Waals surface area contributed by atoms with E-state index in [-0.39, 0.29) is 23.2 Å². The number of carbonyl (C=O) groups is 2. The normalized spacial score (nSPS) is 14.3. The van der Waals surface area contributed by atoms with Gasteiger partial charge in [-0.25, -0.2) is 0 Å². The molecule has 2 amide bonds. The van der Waals surface area contributed by atoms with Gasteiger partial charge >= 0.3 is 0 Å². The van der Waals surface area contributed by atoms with Gasteiger partial charge < -0.3 is 24.3 Å². The second kappa shape index (κ2) is 8.98. The van der Waals surface area contributed by atoms with E-state index in [1.54, 1.807) is 36.4 Å². The lowest BCUT2D eigenvalue weighted by molar-refractivity contribution is 0.0999. The molecule has 3 heterocycles. The summed E-state index contributed by atoms with van der Waals surface area (Å²) in [5, 5.41) is 10.2. The molecule has 6 rings (SSSR count). The highest BCUT2D eigenvalue weighted by Gasteiger charge is 2.25. The number of nitrogens with zero attached hydrogens (tertiary/aromatic N) is 1. The summed E-state index contributed by atoms with van der Waals surface area (Å²) < 4.78 is 17.1.